The fourth-order valence-electron chi connectivity index (χ4n) is 2.79. The summed E-state index contributed by atoms with van der Waals surface area (Å²) >= 11 is 11.9. The Hall–Kier alpha value is -1.22. The Bertz CT molecular complexity index is 621. The van der Waals surface area contributed by atoms with Gasteiger partial charge in [0.15, 0.2) is 0 Å². The van der Waals surface area contributed by atoms with Crippen molar-refractivity contribution in [2.24, 2.45) is 5.92 Å². The summed E-state index contributed by atoms with van der Waals surface area (Å²) in [6.07, 6.45) is 3.68. The van der Waals surface area contributed by atoms with Crippen LogP contribution in [0.15, 0.2) is 42.5 Å². The first-order valence-electron chi connectivity index (χ1n) is 7.63. The molecule has 3 rings (SSSR count). The Balaban J connectivity index is 1.62. The molecule has 2 aromatic rings. The van der Waals surface area contributed by atoms with Gasteiger partial charge in [-0.1, -0.05) is 35.3 Å². The molecule has 0 amide bonds. The lowest BCUT2D eigenvalue weighted by Crippen LogP contribution is -2.28. The van der Waals surface area contributed by atoms with Crippen LogP contribution in [0.25, 0.3) is 0 Å². The number of nitrogens with one attached hydrogen (secondary N) is 1. The smallest absolute Gasteiger partial charge is 0.129 e. The molecule has 0 saturated carbocycles. The molecule has 0 radical (unpaired) electrons. The minimum Gasteiger partial charge on any atom is -0.457 e. The topological polar surface area (TPSA) is 21.3 Å². The molecular weight excluding hydrogens is 317 g/mol. The summed E-state index contributed by atoms with van der Waals surface area (Å²) in [6, 6.07) is 13.6. The number of hydrogen-bond donors (Lipinski definition) is 1. The standard InChI is InChI=1S/C18H19Cl2NO/c19-17-6-5-16(12-18(17)20)22-15-3-1-13(2-4-15)11-14-7-9-21-10-8-14/h1-6,12,14,21H,7-11H2. The van der Waals surface area contributed by atoms with E-state index in [4.69, 9.17) is 27.9 Å². The van der Waals surface area contributed by atoms with Crippen LogP contribution in [-0.4, -0.2) is 13.1 Å². The number of piperidine rings is 1. The Kier molecular flexibility index (Phi) is 5.24. The van der Waals surface area contributed by atoms with Crippen LogP contribution in [0.1, 0.15) is 18.4 Å². The van der Waals surface area contributed by atoms with E-state index in [9.17, 15) is 0 Å². The van der Waals surface area contributed by atoms with E-state index in [1.54, 1.807) is 12.1 Å². The minimum absolute atomic E-state index is 0.502. The van der Waals surface area contributed by atoms with E-state index in [0.717, 1.165) is 31.2 Å². The molecule has 1 fully saturated rings. The van der Waals surface area contributed by atoms with Gasteiger partial charge in [0, 0.05) is 6.07 Å². The number of halogens is 2. The lowest BCUT2D eigenvalue weighted by Gasteiger charge is -2.22. The first-order chi connectivity index (χ1) is 10.7. The lowest BCUT2D eigenvalue weighted by atomic mass is 9.91. The normalized spacial score (nSPS) is 15.7. The van der Waals surface area contributed by atoms with Crippen LogP contribution in [0.3, 0.4) is 0 Å². The third-order valence-electron chi connectivity index (χ3n) is 4.03. The summed E-state index contributed by atoms with van der Waals surface area (Å²) in [6.45, 7) is 2.28. The minimum atomic E-state index is 0.502. The number of ether oxygens (including phenoxy) is 1. The van der Waals surface area contributed by atoms with Gasteiger partial charge in [-0.3, -0.25) is 0 Å². The van der Waals surface area contributed by atoms with Crippen molar-refractivity contribution in [1.82, 2.24) is 5.32 Å². The number of benzene rings is 2. The van der Waals surface area contributed by atoms with Crippen LogP contribution in [-0.2, 0) is 6.42 Å². The molecule has 116 valence electrons. The van der Waals surface area contributed by atoms with Crippen LogP contribution < -0.4 is 10.1 Å². The van der Waals surface area contributed by atoms with Crippen molar-refractivity contribution in [1.29, 1.82) is 0 Å². The second-order valence-electron chi connectivity index (χ2n) is 5.72. The largest absolute Gasteiger partial charge is 0.457 e. The maximum Gasteiger partial charge on any atom is 0.129 e. The second kappa shape index (κ2) is 7.36. The van der Waals surface area contributed by atoms with E-state index < -0.39 is 0 Å². The van der Waals surface area contributed by atoms with Gasteiger partial charge < -0.3 is 10.1 Å². The number of hydrogen-bond acceptors (Lipinski definition) is 2. The quantitative estimate of drug-likeness (QED) is 0.815. The highest BCUT2D eigenvalue weighted by Crippen LogP contribution is 2.29. The molecular formula is C18H19Cl2NO. The summed E-state index contributed by atoms with van der Waals surface area (Å²) < 4.78 is 5.81. The molecule has 0 atom stereocenters. The molecule has 1 heterocycles. The highest BCUT2D eigenvalue weighted by atomic mass is 35.5. The van der Waals surface area contributed by atoms with Crippen molar-refractivity contribution in [3.63, 3.8) is 0 Å². The van der Waals surface area contributed by atoms with Gasteiger partial charge in [0.1, 0.15) is 11.5 Å². The van der Waals surface area contributed by atoms with E-state index in [1.165, 1.54) is 18.4 Å². The third kappa shape index (κ3) is 4.16. The predicted octanol–water partition coefficient (Wildman–Crippen LogP) is 5.33. The molecule has 0 aliphatic carbocycles. The molecule has 1 saturated heterocycles. The monoisotopic (exact) mass is 335 g/mol. The molecule has 1 aliphatic rings. The van der Waals surface area contributed by atoms with Crippen LogP contribution in [0.4, 0.5) is 0 Å². The fourth-order valence-corrected chi connectivity index (χ4v) is 3.08. The van der Waals surface area contributed by atoms with Gasteiger partial charge in [0.25, 0.3) is 0 Å². The van der Waals surface area contributed by atoms with Crippen LogP contribution >= 0.6 is 23.2 Å². The summed E-state index contributed by atoms with van der Waals surface area (Å²) in [5, 5.41) is 4.44. The predicted molar refractivity (Wildman–Crippen MR) is 92.3 cm³/mol. The molecule has 4 heteroatoms. The molecule has 22 heavy (non-hydrogen) atoms. The zero-order valence-corrected chi connectivity index (χ0v) is 13.8. The van der Waals surface area contributed by atoms with Gasteiger partial charge in [-0.05, 0) is 68.1 Å². The van der Waals surface area contributed by atoms with E-state index in [2.05, 4.69) is 17.4 Å². The van der Waals surface area contributed by atoms with E-state index in [-0.39, 0.29) is 0 Å². The molecule has 1 aliphatic heterocycles. The fraction of sp³-hybridized carbons (Fsp3) is 0.333. The van der Waals surface area contributed by atoms with E-state index >= 15 is 0 Å². The zero-order valence-electron chi connectivity index (χ0n) is 12.3. The maximum absolute atomic E-state index is 6.00. The van der Waals surface area contributed by atoms with Gasteiger partial charge in [0.05, 0.1) is 10.0 Å². The van der Waals surface area contributed by atoms with Crippen molar-refractivity contribution >= 4 is 23.2 Å². The maximum atomic E-state index is 6.00. The highest BCUT2D eigenvalue weighted by molar-refractivity contribution is 6.42. The van der Waals surface area contributed by atoms with Crippen molar-refractivity contribution in [2.75, 3.05) is 13.1 Å². The Morgan fingerprint density at radius 1 is 0.909 bits per heavy atom. The average molecular weight is 336 g/mol. The van der Waals surface area contributed by atoms with Gasteiger partial charge in [0.2, 0.25) is 0 Å². The van der Waals surface area contributed by atoms with Gasteiger partial charge in [-0.2, -0.15) is 0 Å². The van der Waals surface area contributed by atoms with Crippen LogP contribution in [0, 0.1) is 5.92 Å². The molecule has 2 nitrogen and oxygen atoms in total. The number of rotatable bonds is 4. The SMILES string of the molecule is Clc1ccc(Oc2ccc(CC3CCNCC3)cc2)cc1Cl. The van der Waals surface area contributed by atoms with E-state index in [0.29, 0.717) is 15.8 Å². The second-order valence-corrected chi connectivity index (χ2v) is 6.53. The zero-order chi connectivity index (χ0) is 15.4. The highest BCUT2D eigenvalue weighted by Gasteiger charge is 2.13. The summed E-state index contributed by atoms with van der Waals surface area (Å²) in [7, 11) is 0. The van der Waals surface area contributed by atoms with Crippen LogP contribution in [0.5, 0.6) is 11.5 Å². The molecule has 0 unspecified atom stereocenters. The third-order valence-corrected chi connectivity index (χ3v) is 4.77. The van der Waals surface area contributed by atoms with Crippen molar-refractivity contribution in [2.45, 2.75) is 19.3 Å². The van der Waals surface area contributed by atoms with Gasteiger partial charge in [-0.25, -0.2) is 0 Å². The molecule has 0 aromatic heterocycles. The Morgan fingerprint density at radius 2 is 1.59 bits per heavy atom. The van der Waals surface area contributed by atoms with Gasteiger partial charge in [-0.15, -0.1) is 0 Å². The van der Waals surface area contributed by atoms with Crippen molar-refractivity contribution in [3.8, 4) is 11.5 Å². The van der Waals surface area contributed by atoms with E-state index in [1.807, 2.05) is 18.2 Å². The van der Waals surface area contributed by atoms with Crippen molar-refractivity contribution < 1.29 is 4.74 Å². The Labute approximate surface area is 141 Å². The first kappa shape index (κ1) is 15.7. The first-order valence-corrected chi connectivity index (χ1v) is 8.39. The molecule has 1 N–H and O–H groups in total. The summed E-state index contributed by atoms with van der Waals surface area (Å²) in [5.41, 5.74) is 1.37. The van der Waals surface area contributed by atoms with Crippen molar-refractivity contribution in [3.05, 3.63) is 58.1 Å². The summed E-state index contributed by atoms with van der Waals surface area (Å²) in [4.78, 5) is 0. The Morgan fingerprint density at radius 3 is 2.27 bits per heavy atom. The average Bonchev–Trinajstić information content (AvgIpc) is 2.54. The summed E-state index contributed by atoms with van der Waals surface area (Å²) in [5.74, 6) is 2.30. The van der Waals surface area contributed by atoms with Gasteiger partial charge >= 0.3 is 0 Å². The molecule has 2 aromatic carbocycles. The lowest BCUT2D eigenvalue weighted by molar-refractivity contribution is 0.372. The molecule has 0 spiro atoms. The molecule has 0 bridgehead atoms. The van der Waals surface area contributed by atoms with Crippen LogP contribution in [0.2, 0.25) is 10.0 Å².